The Labute approximate surface area is 129 Å². The molecule has 1 aromatic rings. The molecular formula is C17H30N4. The number of nitrogens with one attached hydrogen (secondary N) is 1. The summed E-state index contributed by atoms with van der Waals surface area (Å²) in [6.45, 7) is 9.25. The molecule has 4 heteroatoms. The molecule has 0 spiro atoms. The van der Waals surface area contributed by atoms with Gasteiger partial charge in [0.1, 0.15) is 0 Å². The Kier molecular flexibility index (Phi) is 11.1. The van der Waals surface area contributed by atoms with Crippen LogP contribution in [0.4, 0.5) is 0 Å². The highest BCUT2D eigenvalue weighted by Gasteiger charge is 2.02. The fraction of sp³-hybridized carbons (Fsp3) is 0.529. The number of hydrogen-bond donors (Lipinski definition) is 2. The van der Waals surface area contributed by atoms with Crippen LogP contribution in [0.5, 0.6) is 0 Å². The topological polar surface area (TPSA) is 63.3 Å². The molecule has 0 fully saturated rings. The molecule has 1 heterocycles. The average molecular weight is 290 g/mol. The lowest BCUT2D eigenvalue weighted by atomic mass is 10.1. The quantitative estimate of drug-likeness (QED) is 0.757. The Balaban J connectivity index is 0.00000191. The molecule has 0 aliphatic rings. The van der Waals surface area contributed by atoms with E-state index in [4.69, 9.17) is 5.73 Å². The van der Waals surface area contributed by atoms with E-state index in [1.165, 1.54) is 24.6 Å². The fourth-order valence-corrected chi connectivity index (χ4v) is 1.86. The number of pyridine rings is 1. The van der Waals surface area contributed by atoms with Crippen molar-refractivity contribution in [2.24, 2.45) is 10.7 Å². The van der Waals surface area contributed by atoms with Crippen LogP contribution in [-0.2, 0) is 6.54 Å². The monoisotopic (exact) mass is 290 g/mol. The maximum Gasteiger partial charge on any atom is 0.0731 e. The van der Waals surface area contributed by atoms with Crippen molar-refractivity contribution in [1.29, 1.82) is 0 Å². The predicted molar refractivity (Wildman–Crippen MR) is 93.4 cm³/mol. The number of aromatic nitrogens is 1. The van der Waals surface area contributed by atoms with E-state index in [9.17, 15) is 0 Å². The first-order valence-electron chi connectivity index (χ1n) is 7.74. The second-order valence-corrected chi connectivity index (χ2v) is 4.63. The molecule has 0 aliphatic carbocycles. The highest BCUT2D eigenvalue weighted by Crippen LogP contribution is 2.09. The first-order valence-corrected chi connectivity index (χ1v) is 7.74. The molecule has 1 aromatic heterocycles. The van der Waals surface area contributed by atoms with Gasteiger partial charge in [0, 0.05) is 43.8 Å². The van der Waals surface area contributed by atoms with Crippen molar-refractivity contribution in [1.82, 2.24) is 10.3 Å². The molecule has 1 atom stereocenters. The van der Waals surface area contributed by atoms with Crippen LogP contribution in [0, 0.1) is 0 Å². The second-order valence-electron chi connectivity index (χ2n) is 4.63. The third-order valence-corrected chi connectivity index (χ3v) is 2.94. The number of aliphatic imine (C=N–C) groups is 1. The third kappa shape index (κ3) is 7.61. The Hall–Kier alpha value is -1.68. The Morgan fingerprint density at radius 3 is 2.62 bits per heavy atom. The van der Waals surface area contributed by atoms with Crippen molar-refractivity contribution in [3.63, 3.8) is 0 Å². The van der Waals surface area contributed by atoms with Crippen molar-refractivity contribution >= 4 is 11.8 Å². The molecule has 0 bridgehead atoms. The Morgan fingerprint density at radius 2 is 2.14 bits per heavy atom. The van der Waals surface area contributed by atoms with Crippen LogP contribution in [0.3, 0.4) is 0 Å². The van der Waals surface area contributed by atoms with Crippen LogP contribution in [0.25, 0.3) is 5.57 Å². The summed E-state index contributed by atoms with van der Waals surface area (Å²) in [6.07, 6.45) is 7.51. The first-order chi connectivity index (χ1) is 10.2. The van der Waals surface area contributed by atoms with Crippen LogP contribution in [-0.4, -0.2) is 24.3 Å². The molecule has 21 heavy (non-hydrogen) atoms. The minimum absolute atomic E-state index is 0.538. The van der Waals surface area contributed by atoms with Crippen molar-refractivity contribution in [3.05, 3.63) is 35.8 Å². The summed E-state index contributed by atoms with van der Waals surface area (Å²) in [5.41, 5.74) is 8.41. The zero-order chi connectivity index (χ0) is 16.1. The lowest BCUT2D eigenvalue weighted by Crippen LogP contribution is -2.25. The van der Waals surface area contributed by atoms with Gasteiger partial charge in [-0.2, -0.15) is 0 Å². The van der Waals surface area contributed by atoms with Crippen LogP contribution >= 0.6 is 0 Å². The molecule has 4 nitrogen and oxygen atoms in total. The molecule has 0 saturated heterocycles. The number of rotatable bonds is 7. The van der Waals surface area contributed by atoms with Crippen LogP contribution < -0.4 is 11.1 Å². The van der Waals surface area contributed by atoms with Gasteiger partial charge in [0.2, 0.25) is 0 Å². The highest BCUT2D eigenvalue weighted by molar-refractivity contribution is 6.08. The molecule has 118 valence electrons. The molecule has 0 amide bonds. The number of hydrogen-bond acceptors (Lipinski definition) is 4. The molecule has 0 saturated carbocycles. The zero-order valence-electron chi connectivity index (χ0n) is 14.1. The largest absolute Gasteiger partial charge is 0.404 e. The fourth-order valence-electron chi connectivity index (χ4n) is 1.86. The van der Waals surface area contributed by atoms with E-state index < -0.39 is 0 Å². The van der Waals surface area contributed by atoms with E-state index in [-0.39, 0.29) is 0 Å². The van der Waals surface area contributed by atoms with E-state index in [0.29, 0.717) is 6.04 Å². The van der Waals surface area contributed by atoms with Crippen molar-refractivity contribution in [2.45, 2.75) is 53.1 Å². The number of nitrogens with zero attached hydrogens (tertiary/aromatic N) is 2. The average Bonchev–Trinajstić information content (AvgIpc) is 2.53. The molecular weight excluding hydrogens is 260 g/mol. The van der Waals surface area contributed by atoms with Crippen molar-refractivity contribution in [2.75, 3.05) is 7.05 Å². The lowest BCUT2D eigenvalue weighted by molar-refractivity contribution is 0.508. The summed E-state index contributed by atoms with van der Waals surface area (Å²) < 4.78 is 0. The summed E-state index contributed by atoms with van der Waals surface area (Å²) in [4.78, 5) is 8.37. The van der Waals surface area contributed by atoms with Crippen LogP contribution in [0.15, 0.2) is 29.5 Å². The van der Waals surface area contributed by atoms with Gasteiger partial charge < -0.3 is 11.1 Å². The zero-order valence-corrected chi connectivity index (χ0v) is 14.1. The van der Waals surface area contributed by atoms with Gasteiger partial charge in [0.15, 0.2) is 0 Å². The van der Waals surface area contributed by atoms with Gasteiger partial charge in [0.25, 0.3) is 0 Å². The molecule has 3 N–H and O–H groups in total. The van der Waals surface area contributed by atoms with E-state index in [2.05, 4.69) is 35.2 Å². The van der Waals surface area contributed by atoms with Crippen molar-refractivity contribution in [3.8, 4) is 0 Å². The van der Waals surface area contributed by atoms with Gasteiger partial charge in [-0.15, -0.1) is 0 Å². The van der Waals surface area contributed by atoms with Gasteiger partial charge in [-0.25, -0.2) is 0 Å². The molecule has 0 aromatic carbocycles. The van der Waals surface area contributed by atoms with Crippen LogP contribution in [0.2, 0.25) is 0 Å². The van der Waals surface area contributed by atoms with E-state index in [0.717, 1.165) is 17.8 Å². The minimum atomic E-state index is 0.538. The Bertz CT molecular complexity index is 421. The second kappa shape index (κ2) is 12.1. The summed E-state index contributed by atoms with van der Waals surface area (Å²) in [5.74, 6) is 0. The minimum Gasteiger partial charge on any atom is -0.404 e. The number of allylic oxidation sites excluding steroid dienone is 1. The van der Waals surface area contributed by atoms with Gasteiger partial charge in [-0.3, -0.25) is 9.98 Å². The first kappa shape index (κ1) is 19.3. The molecule has 1 rings (SSSR count). The standard InChI is InChI=1S/C15H24N4.C2H6/c1-4-5-12(2)18-9-13-6-7-15(19-10-13)14(8-16)11-17-3;1-2/h6-8,10-12,18H,4-5,9,16H2,1-3H3;1-2H3/b14-8+,17-11?;. The highest BCUT2D eigenvalue weighted by atomic mass is 14.9. The number of nitrogens with two attached hydrogens (primary N) is 1. The van der Waals surface area contributed by atoms with Gasteiger partial charge in [0.05, 0.1) is 5.69 Å². The smallest absolute Gasteiger partial charge is 0.0731 e. The normalized spacial score (nSPS) is 12.9. The molecule has 0 aliphatic heterocycles. The molecule has 1 unspecified atom stereocenters. The summed E-state index contributed by atoms with van der Waals surface area (Å²) in [6, 6.07) is 4.58. The van der Waals surface area contributed by atoms with E-state index >= 15 is 0 Å². The van der Waals surface area contributed by atoms with Crippen LogP contribution in [0.1, 0.15) is 51.8 Å². The van der Waals surface area contributed by atoms with Gasteiger partial charge >= 0.3 is 0 Å². The van der Waals surface area contributed by atoms with Gasteiger partial charge in [-0.05, 0) is 25.0 Å². The lowest BCUT2D eigenvalue weighted by Gasteiger charge is -2.12. The van der Waals surface area contributed by atoms with E-state index in [1.54, 1.807) is 13.3 Å². The Morgan fingerprint density at radius 1 is 1.43 bits per heavy atom. The molecule has 0 radical (unpaired) electrons. The summed E-state index contributed by atoms with van der Waals surface area (Å²) in [5, 5.41) is 3.48. The SMILES string of the molecule is CC.CCCC(C)NCc1ccc(/C(C=NC)=C/N)nc1. The maximum atomic E-state index is 5.56. The van der Waals surface area contributed by atoms with E-state index in [1.807, 2.05) is 26.1 Å². The summed E-state index contributed by atoms with van der Waals surface area (Å²) >= 11 is 0. The van der Waals surface area contributed by atoms with Crippen molar-refractivity contribution < 1.29 is 0 Å². The summed E-state index contributed by atoms with van der Waals surface area (Å²) in [7, 11) is 1.72. The predicted octanol–water partition coefficient (Wildman–Crippen LogP) is 3.39. The third-order valence-electron chi connectivity index (χ3n) is 2.94. The van der Waals surface area contributed by atoms with Gasteiger partial charge in [-0.1, -0.05) is 33.3 Å². The maximum absolute atomic E-state index is 5.56.